The number of benzene rings is 2. The van der Waals surface area contributed by atoms with Gasteiger partial charge in [-0.3, -0.25) is 9.59 Å². The zero-order valence-electron chi connectivity index (χ0n) is 15.5. The molecule has 27 heavy (non-hydrogen) atoms. The Hall–Kier alpha value is -2.89. The predicted molar refractivity (Wildman–Crippen MR) is 103 cm³/mol. The molecule has 140 valence electrons. The summed E-state index contributed by atoms with van der Waals surface area (Å²) in [6.45, 7) is 2.43. The molecular weight excluding hydrogens is 345 g/mol. The van der Waals surface area contributed by atoms with Gasteiger partial charge in [0.2, 0.25) is 0 Å². The topological polar surface area (TPSA) is 52.7 Å². The molecule has 1 saturated heterocycles. The summed E-state index contributed by atoms with van der Waals surface area (Å²) in [4.78, 5) is 29.5. The molecule has 6 heteroatoms. The molecule has 0 saturated carbocycles. The van der Waals surface area contributed by atoms with E-state index in [9.17, 15) is 14.0 Å². The number of anilines is 2. The summed E-state index contributed by atoms with van der Waals surface area (Å²) in [5.41, 5.74) is 2.90. The van der Waals surface area contributed by atoms with E-state index >= 15 is 0 Å². The maximum absolute atomic E-state index is 13.4. The molecule has 0 radical (unpaired) electrons. The molecule has 2 aliphatic rings. The highest BCUT2D eigenvalue weighted by atomic mass is 19.1. The molecule has 5 nitrogen and oxygen atoms in total. The standard InChI is InChI=1S/C21H22FN3O2/c1-13-11-15(7-9-17(13)22)23-20(26)14-6-8-16-18(12-14)24(2)19-5-3-4-10-25(19)21(16)27/h6-9,11-12,19H,3-5,10H2,1-2H3,(H,23,26)/t19-/m0/s1. The van der Waals surface area contributed by atoms with Gasteiger partial charge in [-0.1, -0.05) is 0 Å². The summed E-state index contributed by atoms with van der Waals surface area (Å²) in [5, 5.41) is 2.80. The van der Waals surface area contributed by atoms with E-state index in [0.29, 0.717) is 22.4 Å². The molecule has 4 rings (SSSR count). The summed E-state index contributed by atoms with van der Waals surface area (Å²) in [5.74, 6) is -0.552. The van der Waals surface area contributed by atoms with Crippen LogP contribution in [0, 0.1) is 12.7 Å². The SMILES string of the molecule is Cc1cc(NC(=O)c2ccc3c(c2)N(C)[C@@H]2CCCCN2C3=O)ccc1F. The second kappa shape index (κ2) is 6.68. The third kappa shape index (κ3) is 3.05. The molecule has 2 aromatic rings. The number of rotatable bonds is 2. The summed E-state index contributed by atoms with van der Waals surface area (Å²) in [6, 6.07) is 9.63. The van der Waals surface area contributed by atoms with E-state index in [0.717, 1.165) is 31.5 Å². The van der Waals surface area contributed by atoms with Gasteiger partial charge in [-0.15, -0.1) is 0 Å². The number of carbonyl (C=O) groups excluding carboxylic acids is 2. The van der Waals surface area contributed by atoms with E-state index in [4.69, 9.17) is 0 Å². The summed E-state index contributed by atoms with van der Waals surface area (Å²) in [7, 11) is 1.97. The van der Waals surface area contributed by atoms with Crippen molar-refractivity contribution >= 4 is 23.2 Å². The molecule has 2 heterocycles. The van der Waals surface area contributed by atoms with Gasteiger partial charge in [-0.25, -0.2) is 4.39 Å². The lowest BCUT2D eigenvalue weighted by molar-refractivity contribution is 0.0589. The number of fused-ring (bicyclic) bond motifs is 2. The second-order valence-corrected chi connectivity index (χ2v) is 7.24. The van der Waals surface area contributed by atoms with Crippen LogP contribution < -0.4 is 10.2 Å². The van der Waals surface area contributed by atoms with Crippen molar-refractivity contribution in [2.24, 2.45) is 0 Å². The van der Waals surface area contributed by atoms with Crippen LogP contribution in [0.1, 0.15) is 45.5 Å². The smallest absolute Gasteiger partial charge is 0.257 e. The molecule has 0 aromatic heterocycles. The van der Waals surface area contributed by atoms with Crippen molar-refractivity contribution in [2.45, 2.75) is 32.4 Å². The fourth-order valence-electron chi connectivity index (χ4n) is 3.94. The van der Waals surface area contributed by atoms with Gasteiger partial charge in [0.15, 0.2) is 0 Å². The minimum atomic E-state index is -0.307. The lowest BCUT2D eigenvalue weighted by Gasteiger charge is -2.46. The molecule has 2 aliphatic heterocycles. The average molecular weight is 367 g/mol. The Kier molecular flexibility index (Phi) is 4.34. The number of hydrogen-bond acceptors (Lipinski definition) is 3. The number of carbonyl (C=O) groups is 2. The Morgan fingerprint density at radius 3 is 2.78 bits per heavy atom. The molecule has 1 N–H and O–H groups in total. The maximum Gasteiger partial charge on any atom is 0.257 e. The van der Waals surface area contributed by atoms with Gasteiger partial charge in [-0.2, -0.15) is 0 Å². The summed E-state index contributed by atoms with van der Waals surface area (Å²) in [6.07, 6.45) is 3.12. The molecule has 1 atom stereocenters. The molecule has 0 bridgehead atoms. The van der Waals surface area contributed by atoms with Crippen LogP contribution in [-0.2, 0) is 0 Å². The highest BCUT2D eigenvalue weighted by Gasteiger charge is 2.37. The predicted octanol–water partition coefficient (Wildman–Crippen LogP) is 3.79. The zero-order chi connectivity index (χ0) is 19.1. The molecule has 0 spiro atoms. The zero-order valence-corrected chi connectivity index (χ0v) is 15.5. The highest BCUT2D eigenvalue weighted by Crippen LogP contribution is 2.35. The average Bonchev–Trinajstić information content (AvgIpc) is 2.68. The Labute approximate surface area is 157 Å². The van der Waals surface area contributed by atoms with E-state index < -0.39 is 0 Å². The Balaban J connectivity index is 1.62. The normalized spacial score (nSPS) is 18.8. The lowest BCUT2D eigenvalue weighted by Crippen LogP contribution is -2.55. The van der Waals surface area contributed by atoms with Gasteiger partial charge < -0.3 is 15.1 Å². The van der Waals surface area contributed by atoms with E-state index in [1.165, 1.54) is 12.1 Å². The molecular formula is C21H22FN3O2. The van der Waals surface area contributed by atoms with E-state index in [1.807, 2.05) is 11.9 Å². The van der Waals surface area contributed by atoms with Gasteiger partial charge in [0.25, 0.3) is 11.8 Å². The molecule has 1 fully saturated rings. The van der Waals surface area contributed by atoms with Crippen molar-refractivity contribution in [3.8, 4) is 0 Å². The van der Waals surface area contributed by atoms with Gasteiger partial charge >= 0.3 is 0 Å². The Bertz CT molecular complexity index is 928. The van der Waals surface area contributed by atoms with Gasteiger partial charge in [-0.05, 0) is 68.1 Å². The molecule has 2 aromatic carbocycles. The van der Waals surface area contributed by atoms with Crippen LogP contribution in [0.5, 0.6) is 0 Å². The summed E-state index contributed by atoms with van der Waals surface area (Å²) < 4.78 is 13.4. The Morgan fingerprint density at radius 1 is 1.19 bits per heavy atom. The quantitative estimate of drug-likeness (QED) is 0.879. The fourth-order valence-corrected chi connectivity index (χ4v) is 3.94. The summed E-state index contributed by atoms with van der Waals surface area (Å²) >= 11 is 0. The molecule has 2 amide bonds. The van der Waals surface area contributed by atoms with Crippen molar-refractivity contribution in [3.63, 3.8) is 0 Å². The third-order valence-electron chi connectivity index (χ3n) is 5.47. The third-order valence-corrected chi connectivity index (χ3v) is 5.47. The first-order valence-corrected chi connectivity index (χ1v) is 9.21. The number of piperidine rings is 1. The molecule has 0 unspecified atom stereocenters. The largest absolute Gasteiger partial charge is 0.354 e. The van der Waals surface area contributed by atoms with Crippen LogP contribution in [-0.4, -0.2) is 36.5 Å². The number of nitrogens with zero attached hydrogens (tertiary/aromatic N) is 2. The number of hydrogen-bond donors (Lipinski definition) is 1. The number of halogens is 1. The highest BCUT2D eigenvalue weighted by molar-refractivity contribution is 6.08. The van der Waals surface area contributed by atoms with Crippen LogP contribution in [0.15, 0.2) is 36.4 Å². The van der Waals surface area contributed by atoms with Crippen molar-refractivity contribution in [2.75, 3.05) is 23.8 Å². The van der Waals surface area contributed by atoms with Gasteiger partial charge in [0, 0.05) is 24.8 Å². The first-order chi connectivity index (χ1) is 13.0. The maximum atomic E-state index is 13.4. The first kappa shape index (κ1) is 17.5. The minimum absolute atomic E-state index is 0.0360. The van der Waals surface area contributed by atoms with Crippen LogP contribution in [0.2, 0.25) is 0 Å². The van der Waals surface area contributed by atoms with E-state index in [2.05, 4.69) is 10.2 Å². The van der Waals surface area contributed by atoms with E-state index in [1.54, 1.807) is 31.2 Å². The second-order valence-electron chi connectivity index (χ2n) is 7.24. The molecule has 0 aliphatic carbocycles. The number of nitrogens with one attached hydrogen (secondary N) is 1. The van der Waals surface area contributed by atoms with Gasteiger partial charge in [0.1, 0.15) is 12.0 Å². The Morgan fingerprint density at radius 2 is 2.00 bits per heavy atom. The minimum Gasteiger partial charge on any atom is -0.354 e. The van der Waals surface area contributed by atoms with Crippen molar-refractivity contribution in [1.29, 1.82) is 0 Å². The number of aryl methyl sites for hydroxylation is 1. The van der Waals surface area contributed by atoms with Crippen molar-refractivity contribution in [1.82, 2.24) is 4.90 Å². The van der Waals surface area contributed by atoms with Crippen LogP contribution in [0.4, 0.5) is 15.8 Å². The van der Waals surface area contributed by atoms with Crippen LogP contribution in [0.3, 0.4) is 0 Å². The van der Waals surface area contributed by atoms with E-state index in [-0.39, 0.29) is 23.8 Å². The van der Waals surface area contributed by atoms with Crippen molar-refractivity contribution in [3.05, 3.63) is 58.9 Å². The fraction of sp³-hybridized carbons (Fsp3) is 0.333. The van der Waals surface area contributed by atoms with Crippen molar-refractivity contribution < 1.29 is 14.0 Å². The monoisotopic (exact) mass is 367 g/mol. The first-order valence-electron chi connectivity index (χ1n) is 9.21. The van der Waals surface area contributed by atoms with Gasteiger partial charge in [0.05, 0.1) is 11.3 Å². The van der Waals surface area contributed by atoms with Crippen LogP contribution in [0.25, 0.3) is 0 Å². The lowest BCUT2D eigenvalue weighted by atomic mass is 9.97. The number of amides is 2. The van der Waals surface area contributed by atoms with Crippen LogP contribution >= 0.6 is 0 Å².